The van der Waals surface area contributed by atoms with Crippen LogP contribution in [0.25, 0.3) is 0 Å². The molecule has 5 nitrogen and oxygen atoms in total. The summed E-state index contributed by atoms with van der Waals surface area (Å²) in [6, 6.07) is 4.29. The molecule has 21 heavy (non-hydrogen) atoms. The Morgan fingerprint density at radius 2 is 2.00 bits per heavy atom. The molecule has 0 heterocycles. The van der Waals surface area contributed by atoms with Crippen LogP contribution in [0.5, 0.6) is 0 Å². The second kappa shape index (κ2) is 7.73. The van der Waals surface area contributed by atoms with Gasteiger partial charge < -0.3 is 15.7 Å². The molecule has 1 rings (SSSR count). The van der Waals surface area contributed by atoms with Crippen LogP contribution >= 0.6 is 0 Å². The Bertz CT molecular complexity index is 520. The van der Waals surface area contributed by atoms with Crippen LogP contribution in [0.4, 0.5) is 10.1 Å². The largest absolute Gasteiger partial charge is 0.391 e. The number of aryl methyl sites for hydroxylation is 1. The molecule has 0 aromatic heterocycles. The van der Waals surface area contributed by atoms with Crippen molar-refractivity contribution in [3.8, 4) is 0 Å². The van der Waals surface area contributed by atoms with Gasteiger partial charge in [0.25, 0.3) is 0 Å². The minimum Gasteiger partial charge on any atom is -0.391 e. The maximum Gasteiger partial charge on any atom is 0.313 e. The Labute approximate surface area is 123 Å². The summed E-state index contributed by atoms with van der Waals surface area (Å²) in [5.74, 6) is -2.45. The van der Waals surface area contributed by atoms with Crippen LogP contribution < -0.4 is 10.6 Å². The zero-order valence-corrected chi connectivity index (χ0v) is 12.4. The van der Waals surface area contributed by atoms with Crippen molar-refractivity contribution in [2.24, 2.45) is 5.92 Å². The lowest BCUT2D eigenvalue weighted by Gasteiger charge is -2.17. The summed E-state index contributed by atoms with van der Waals surface area (Å²) in [7, 11) is 0. The molecule has 2 atom stereocenters. The highest BCUT2D eigenvalue weighted by Gasteiger charge is 2.18. The molecule has 0 aliphatic carbocycles. The molecular weight excluding hydrogens is 275 g/mol. The molecule has 1 aromatic carbocycles. The zero-order valence-electron chi connectivity index (χ0n) is 12.4. The Kier molecular flexibility index (Phi) is 6.30. The quantitative estimate of drug-likeness (QED) is 0.722. The number of benzene rings is 1. The number of aliphatic hydroxyl groups is 1. The van der Waals surface area contributed by atoms with Crippen molar-refractivity contribution in [2.45, 2.75) is 33.3 Å². The van der Waals surface area contributed by atoms with Gasteiger partial charge in [-0.3, -0.25) is 9.59 Å². The first-order chi connectivity index (χ1) is 9.85. The molecule has 0 aliphatic heterocycles. The highest BCUT2D eigenvalue weighted by atomic mass is 19.1. The first-order valence-electron chi connectivity index (χ1n) is 6.88. The van der Waals surface area contributed by atoms with Gasteiger partial charge in [-0.1, -0.05) is 26.3 Å². The number of anilines is 1. The van der Waals surface area contributed by atoms with E-state index >= 15 is 0 Å². The molecule has 0 spiro atoms. The number of hydrogen-bond donors (Lipinski definition) is 3. The van der Waals surface area contributed by atoms with E-state index < -0.39 is 23.7 Å². The predicted molar refractivity (Wildman–Crippen MR) is 78.2 cm³/mol. The number of carbonyl (C=O) groups excluding carboxylic acids is 2. The lowest BCUT2D eigenvalue weighted by molar-refractivity contribution is -0.136. The maximum absolute atomic E-state index is 13.6. The van der Waals surface area contributed by atoms with Crippen molar-refractivity contribution in [3.63, 3.8) is 0 Å². The van der Waals surface area contributed by atoms with Gasteiger partial charge in [0, 0.05) is 6.54 Å². The van der Waals surface area contributed by atoms with Crippen LogP contribution in [0.1, 0.15) is 25.8 Å². The first kappa shape index (κ1) is 17.1. The number of rotatable bonds is 5. The van der Waals surface area contributed by atoms with Crippen molar-refractivity contribution in [1.82, 2.24) is 5.32 Å². The van der Waals surface area contributed by atoms with E-state index in [-0.39, 0.29) is 18.2 Å². The van der Waals surface area contributed by atoms with Crippen LogP contribution in [-0.2, 0) is 9.59 Å². The summed E-state index contributed by atoms with van der Waals surface area (Å²) >= 11 is 0. The fraction of sp³-hybridized carbons (Fsp3) is 0.467. The van der Waals surface area contributed by atoms with E-state index in [1.807, 2.05) is 13.8 Å². The van der Waals surface area contributed by atoms with E-state index in [1.165, 1.54) is 12.1 Å². The van der Waals surface area contributed by atoms with Crippen LogP contribution in [0.3, 0.4) is 0 Å². The third kappa shape index (κ3) is 5.15. The lowest BCUT2D eigenvalue weighted by Crippen LogP contribution is -2.41. The second-order valence-electron chi connectivity index (χ2n) is 5.10. The third-order valence-corrected chi connectivity index (χ3v) is 3.35. The van der Waals surface area contributed by atoms with E-state index in [0.29, 0.717) is 5.56 Å². The fourth-order valence-electron chi connectivity index (χ4n) is 1.65. The maximum atomic E-state index is 13.6. The number of halogens is 1. The van der Waals surface area contributed by atoms with Crippen molar-refractivity contribution < 1.29 is 19.1 Å². The summed E-state index contributed by atoms with van der Waals surface area (Å²) in [5, 5.41) is 14.2. The SMILES string of the molecule is CCC(C)C(O)CNC(=O)C(=O)Nc1ccc(C)cc1F. The van der Waals surface area contributed by atoms with Gasteiger partial charge >= 0.3 is 11.8 Å². The summed E-state index contributed by atoms with van der Waals surface area (Å²) in [5.41, 5.74) is 0.662. The number of aliphatic hydroxyl groups excluding tert-OH is 1. The van der Waals surface area contributed by atoms with Gasteiger partial charge in [0.15, 0.2) is 0 Å². The summed E-state index contributed by atoms with van der Waals surface area (Å²) < 4.78 is 13.6. The molecule has 0 aliphatic rings. The average molecular weight is 296 g/mol. The third-order valence-electron chi connectivity index (χ3n) is 3.35. The number of hydrogen-bond acceptors (Lipinski definition) is 3. The summed E-state index contributed by atoms with van der Waals surface area (Å²) in [6.45, 7) is 5.47. The molecule has 0 bridgehead atoms. The van der Waals surface area contributed by atoms with E-state index in [2.05, 4.69) is 10.6 Å². The van der Waals surface area contributed by atoms with Gasteiger partial charge in [0.2, 0.25) is 0 Å². The number of carbonyl (C=O) groups is 2. The molecule has 2 amide bonds. The minimum absolute atomic E-state index is 0.0162. The predicted octanol–water partition coefficient (Wildman–Crippen LogP) is 1.60. The molecule has 2 unspecified atom stereocenters. The molecule has 0 saturated heterocycles. The monoisotopic (exact) mass is 296 g/mol. The normalized spacial score (nSPS) is 13.4. The first-order valence-corrected chi connectivity index (χ1v) is 6.88. The highest BCUT2D eigenvalue weighted by molar-refractivity contribution is 6.39. The van der Waals surface area contributed by atoms with E-state index in [9.17, 15) is 19.1 Å². The van der Waals surface area contributed by atoms with E-state index in [0.717, 1.165) is 6.42 Å². The van der Waals surface area contributed by atoms with Crippen LogP contribution in [0, 0.1) is 18.7 Å². The Balaban J connectivity index is 2.53. The number of amides is 2. The van der Waals surface area contributed by atoms with Crippen LogP contribution in [-0.4, -0.2) is 29.6 Å². The van der Waals surface area contributed by atoms with Gasteiger partial charge in [-0.05, 0) is 30.5 Å². The van der Waals surface area contributed by atoms with Crippen molar-refractivity contribution >= 4 is 17.5 Å². The van der Waals surface area contributed by atoms with Gasteiger partial charge in [0.1, 0.15) is 5.82 Å². The van der Waals surface area contributed by atoms with Crippen LogP contribution in [0.2, 0.25) is 0 Å². The fourth-order valence-corrected chi connectivity index (χ4v) is 1.65. The minimum atomic E-state index is -0.964. The molecular formula is C15H21FN2O3. The number of nitrogens with one attached hydrogen (secondary N) is 2. The van der Waals surface area contributed by atoms with Gasteiger partial charge in [0.05, 0.1) is 11.8 Å². The van der Waals surface area contributed by atoms with Crippen molar-refractivity contribution in [1.29, 1.82) is 0 Å². The molecule has 0 fully saturated rings. The second-order valence-corrected chi connectivity index (χ2v) is 5.10. The Morgan fingerprint density at radius 3 is 2.57 bits per heavy atom. The molecule has 0 saturated carbocycles. The van der Waals surface area contributed by atoms with Crippen molar-refractivity contribution in [2.75, 3.05) is 11.9 Å². The Hall–Kier alpha value is -1.95. The molecule has 0 radical (unpaired) electrons. The Morgan fingerprint density at radius 1 is 1.33 bits per heavy atom. The lowest BCUT2D eigenvalue weighted by atomic mass is 10.0. The average Bonchev–Trinajstić information content (AvgIpc) is 2.46. The van der Waals surface area contributed by atoms with Crippen LogP contribution in [0.15, 0.2) is 18.2 Å². The summed E-state index contributed by atoms with van der Waals surface area (Å²) in [4.78, 5) is 23.2. The topological polar surface area (TPSA) is 78.4 Å². The highest BCUT2D eigenvalue weighted by Crippen LogP contribution is 2.15. The van der Waals surface area contributed by atoms with Gasteiger partial charge in [-0.15, -0.1) is 0 Å². The zero-order chi connectivity index (χ0) is 16.0. The molecule has 116 valence electrons. The van der Waals surface area contributed by atoms with Crippen molar-refractivity contribution in [3.05, 3.63) is 29.6 Å². The molecule has 3 N–H and O–H groups in total. The standard InChI is InChI=1S/C15H21FN2O3/c1-4-10(3)13(19)8-17-14(20)15(21)18-12-6-5-9(2)7-11(12)16/h5-7,10,13,19H,4,8H2,1-3H3,(H,17,20)(H,18,21). The van der Waals surface area contributed by atoms with E-state index in [4.69, 9.17) is 0 Å². The molecule has 6 heteroatoms. The summed E-state index contributed by atoms with van der Waals surface area (Å²) in [6.07, 6.45) is 0.0421. The van der Waals surface area contributed by atoms with E-state index in [1.54, 1.807) is 13.0 Å². The van der Waals surface area contributed by atoms with Gasteiger partial charge in [-0.25, -0.2) is 4.39 Å². The van der Waals surface area contributed by atoms with Gasteiger partial charge in [-0.2, -0.15) is 0 Å². The molecule has 1 aromatic rings. The smallest absolute Gasteiger partial charge is 0.313 e.